The van der Waals surface area contributed by atoms with Gasteiger partial charge in [0, 0.05) is 0 Å². The van der Waals surface area contributed by atoms with Crippen LogP contribution >= 0.6 is 0 Å². The minimum atomic E-state index is 0. The van der Waals surface area contributed by atoms with Gasteiger partial charge < -0.3 is 6.92 Å². The molecule has 0 heterocycles. The van der Waals surface area contributed by atoms with E-state index in [4.69, 9.17) is 0 Å². The Morgan fingerprint density at radius 2 is 1.42 bits per heavy atom. The average Bonchev–Trinajstić information content (AvgIpc) is 3.23. The monoisotopic (exact) mass is 564 g/mol. The van der Waals surface area contributed by atoms with Crippen LogP contribution in [0.5, 0.6) is 0 Å². The fraction of sp³-hybridized carbons (Fsp3) is 0.957. The van der Waals surface area contributed by atoms with Crippen LogP contribution in [-0.2, 0) is 0 Å². The molecule has 16 atom stereocenters. The minimum Gasteiger partial charge on any atom is -0.343 e. The third kappa shape index (κ3) is 0.180. The molecule has 15 aliphatic carbocycles. The van der Waals surface area contributed by atoms with Crippen molar-refractivity contribution in [2.24, 2.45) is 88.1 Å². The third-order valence-corrected chi connectivity index (χ3v) is 16.5. The summed E-state index contributed by atoms with van der Waals surface area (Å²) < 4.78 is 0. The Kier molecular flexibility index (Phi) is 0.491. The normalized spacial score (nSPS) is 120. The average molecular weight is 564 g/mol. The molecule has 0 nitrogen and oxygen atoms in total. The first-order chi connectivity index (χ1) is 10.8. The molecule has 24 heavy (non-hydrogen) atoms. The summed E-state index contributed by atoms with van der Waals surface area (Å²) in [6.07, 6.45) is 4.02. The van der Waals surface area contributed by atoms with Gasteiger partial charge in [-0.25, -0.2) is 0 Å². The summed E-state index contributed by atoms with van der Waals surface area (Å²) in [7, 11) is 0. The van der Waals surface area contributed by atoms with E-state index in [1.807, 2.05) is 0 Å². The van der Waals surface area contributed by atoms with E-state index in [0.29, 0.717) is 0 Å². The Labute approximate surface area is 136 Å². The fourth-order valence-corrected chi connectivity index (χ4v) is 18.9. The van der Waals surface area contributed by atoms with E-state index in [1.165, 1.54) is 83.7 Å². The molecule has 0 saturated heterocycles. The van der Waals surface area contributed by atoms with Crippen LogP contribution in [0.4, 0.5) is 0 Å². The maximum Gasteiger partial charge on any atom is 0 e. The molecule has 13 spiro atoms. The molecule has 15 rings (SSSR count). The van der Waals surface area contributed by atoms with Crippen molar-refractivity contribution in [2.45, 2.75) is 40.5 Å². The van der Waals surface area contributed by atoms with Crippen LogP contribution in [0.25, 0.3) is 0 Å². The predicted molar refractivity (Wildman–Crippen MR) is 79.4 cm³/mol. The molecule has 1 heteroatoms. The molecule has 15 saturated carbocycles. The first-order valence-electron chi connectivity index (χ1n) is 10.6. The number of rotatable bonds is 1. The minimum absolute atomic E-state index is 0. The smallest absolute Gasteiger partial charge is 0 e. The van der Waals surface area contributed by atoms with Crippen LogP contribution in [0.3, 0.4) is 0 Å². The number of hydrogen-bond acceptors (Lipinski definition) is 0. The van der Waals surface area contributed by atoms with Gasteiger partial charge in [-0.3, -0.25) is 0 Å². The van der Waals surface area contributed by atoms with Crippen LogP contribution in [-0.4, -0.2) is 0 Å². The van der Waals surface area contributed by atoms with Crippen LogP contribution < -0.4 is 0 Å². The van der Waals surface area contributed by atoms with Crippen LogP contribution in [0.2, 0.25) is 0 Å². The standard InChI is InChI=1S/C18H8.C4H9.CH4.Rf/c1-3-5-7(3)9(5)11(7)13(9)15(11)17(13)16-12-8-4-2-6(4,8)10(8,12)14(12,16)18(15,16)17;1-3-4-2;;/h3-5H,2H2,1H3;1,3-4H2,2H3;1H4;/q;-1;;. The van der Waals surface area contributed by atoms with E-state index in [-0.39, 0.29) is 7.43 Å². The van der Waals surface area contributed by atoms with Gasteiger partial charge in [0.25, 0.3) is 0 Å². The molecular weight excluding hydrogens is 543 g/mol. The Balaban J connectivity index is 0.000000148. The zero-order valence-corrected chi connectivity index (χ0v) is 20.2. The van der Waals surface area contributed by atoms with Crippen molar-refractivity contribution >= 4 is 0 Å². The third-order valence-electron chi connectivity index (χ3n) is 16.5. The van der Waals surface area contributed by atoms with Gasteiger partial charge in [-0.1, -0.05) is 27.7 Å². The Bertz CT molecular complexity index is 1160. The Hall–Kier alpha value is -1.00. The molecule has 0 bridgehead atoms. The molecule has 0 amide bonds. The number of hydrogen-bond donors (Lipinski definition) is 0. The summed E-state index contributed by atoms with van der Waals surface area (Å²) in [6.45, 7) is 8.33. The predicted octanol–water partition coefficient (Wildman–Crippen LogP) is 3.53. The summed E-state index contributed by atoms with van der Waals surface area (Å²) in [5.74, 6) is 3.95. The van der Waals surface area contributed by atoms with E-state index >= 15 is 0 Å². The molecule has 15 fully saturated rings. The zero-order chi connectivity index (χ0) is 13.4. The van der Waals surface area contributed by atoms with Gasteiger partial charge in [-0.2, -0.15) is 6.42 Å². The SMILES string of the molecule is C.CC1C2C13C21C32C13C21C32C34C56C78C9CC97C85C63C142.[CH2-]CCC.[Rf]. The number of unbranched alkanes of at least 4 members (excludes halogenated alkanes) is 1. The molecule has 0 aromatic rings. The molecule has 0 radical (unpaired) electrons. The van der Waals surface area contributed by atoms with Crippen LogP contribution in [0.15, 0.2) is 0 Å². The van der Waals surface area contributed by atoms with E-state index in [9.17, 15) is 0 Å². The fourth-order valence-electron chi connectivity index (χ4n) is 18.9. The Morgan fingerprint density at radius 3 is 1.96 bits per heavy atom. The molecule has 116 valence electrons. The second-order valence-corrected chi connectivity index (χ2v) is 13.1. The van der Waals surface area contributed by atoms with Crippen LogP contribution in [0, 0.1) is 95.1 Å². The molecular formula is C23H21Rf-. The van der Waals surface area contributed by atoms with Crippen molar-refractivity contribution in [3.05, 3.63) is 6.92 Å². The Morgan fingerprint density at radius 1 is 0.875 bits per heavy atom. The first kappa shape index (κ1) is 9.63. The van der Waals surface area contributed by atoms with Gasteiger partial charge in [0.15, 0.2) is 0 Å². The van der Waals surface area contributed by atoms with E-state index in [0.717, 1.165) is 17.3 Å². The maximum absolute atomic E-state index is 3.60. The van der Waals surface area contributed by atoms with Gasteiger partial charge in [0.1, 0.15) is 0 Å². The second-order valence-electron chi connectivity index (χ2n) is 13.1. The van der Waals surface area contributed by atoms with E-state index < -0.39 is 0 Å². The van der Waals surface area contributed by atoms with Gasteiger partial charge in [-0.05, 0) is 94.6 Å². The summed E-state index contributed by atoms with van der Waals surface area (Å²) >= 11 is 0. The molecule has 0 aromatic heterocycles. The van der Waals surface area contributed by atoms with Crippen molar-refractivity contribution in [3.63, 3.8) is 0 Å². The van der Waals surface area contributed by atoms with Gasteiger partial charge in [-0.15, -0.1) is 0 Å². The van der Waals surface area contributed by atoms with Crippen molar-refractivity contribution in [1.82, 2.24) is 0 Å². The van der Waals surface area contributed by atoms with Crippen molar-refractivity contribution in [1.29, 1.82) is 0 Å². The molecule has 0 N–H and O–H groups in total. The first-order valence-corrected chi connectivity index (χ1v) is 10.6. The van der Waals surface area contributed by atoms with Gasteiger partial charge in [0.2, 0.25) is 0 Å². The van der Waals surface area contributed by atoms with Gasteiger partial charge >= 0.3 is 0 Å². The van der Waals surface area contributed by atoms with E-state index in [2.05, 4.69) is 20.8 Å². The summed E-state index contributed by atoms with van der Waals surface area (Å²) in [5, 5.41) is 0. The summed E-state index contributed by atoms with van der Waals surface area (Å²) in [4.78, 5) is 0. The van der Waals surface area contributed by atoms with Crippen molar-refractivity contribution < 1.29 is 0 Å². The molecule has 0 aliphatic heterocycles. The second kappa shape index (κ2) is 1.22. The summed E-state index contributed by atoms with van der Waals surface area (Å²) in [6, 6.07) is 0. The quantitative estimate of drug-likeness (QED) is 0.428. The molecule has 15 aliphatic rings. The maximum atomic E-state index is 3.60. The van der Waals surface area contributed by atoms with Crippen LogP contribution in [0.1, 0.15) is 40.5 Å². The zero-order valence-electron chi connectivity index (χ0n) is 13.8. The molecule has 16 unspecified atom stereocenters. The summed E-state index contributed by atoms with van der Waals surface area (Å²) in [5.41, 5.74) is 15.5. The molecule has 0 aromatic carbocycles. The van der Waals surface area contributed by atoms with Crippen molar-refractivity contribution in [2.75, 3.05) is 0 Å². The largest absolute Gasteiger partial charge is 0.343 e. The van der Waals surface area contributed by atoms with Gasteiger partial charge in [0.05, 0.1) is 0 Å². The van der Waals surface area contributed by atoms with E-state index in [1.54, 1.807) is 6.42 Å². The topological polar surface area (TPSA) is 0 Å². The van der Waals surface area contributed by atoms with Crippen molar-refractivity contribution in [3.8, 4) is 0 Å².